The number of esters is 1. The Morgan fingerprint density at radius 1 is 1.58 bits per heavy atom. The fraction of sp³-hybridized carbons (Fsp3) is 0.500. The van der Waals surface area contributed by atoms with E-state index in [0.717, 1.165) is 0 Å². The molecule has 0 N–H and O–H groups in total. The molecule has 0 radical (unpaired) electrons. The standard InChI is InChI=1S/C8H11NO3/c1-4-12-6(2)7(5-9)8(10)11-3/h4H2,1-3H3/b7-6+. The Morgan fingerprint density at radius 2 is 2.17 bits per heavy atom. The van der Waals surface area contributed by atoms with E-state index in [9.17, 15) is 4.79 Å². The van der Waals surface area contributed by atoms with Gasteiger partial charge in [-0.15, -0.1) is 0 Å². The maximum absolute atomic E-state index is 10.9. The molecule has 0 aromatic heterocycles. The molecule has 0 aromatic carbocycles. The summed E-state index contributed by atoms with van der Waals surface area (Å²) in [7, 11) is 1.22. The van der Waals surface area contributed by atoms with E-state index in [1.54, 1.807) is 19.9 Å². The van der Waals surface area contributed by atoms with Crippen LogP contribution in [0.2, 0.25) is 0 Å². The number of carbonyl (C=O) groups is 1. The maximum Gasteiger partial charge on any atom is 0.352 e. The van der Waals surface area contributed by atoms with Gasteiger partial charge in [0, 0.05) is 0 Å². The highest BCUT2D eigenvalue weighted by atomic mass is 16.5. The first-order valence-corrected chi connectivity index (χ1v) is 3.49. The van der Waals surface area contributed by atoms with Crippen molar-refractivity contribution in [2.75, 3.05) is 13.7 Å². The molecular weight excluding hydrogens is 158 g/mol. The van der Waals surface area contributed by atoms with Crippen LogP contribution < -0.4 is 0 Å². The summed E-state index contributed by atoms with van der Waals surface area (Å²) in [6, 6.07) is 1.72. The summed E-state index contributed by atoms with van der Waals surface area (Å²) in [4.78, 5) is 10.9. The van der Waals surface area contributed by atoms with Crippen LogP contribution in [0.3, 0.4) is 0 Å². The predicted octanol–water partition coefficient (Wildman–Crippen LogP) is 0.993. The largest absolute Gasteiger partial charge is 0.497 e. The van der Waals surface area contributed by atoms with Crippen molar-refractivity contribution in [1.29, 1.82) is 5.26 Å². The molecule has 0 saturated heterocycles. The van der Waals surface area contributed by atoms with Gasteiger partial charge in [-0.1, -0.05) is 0 Å². The third kappa shape index (κ3) is 2.62. The van der Waals surface area contributed by atoms with Gasteiger partial charge < -0.3 is 9.47 Å². The van der Waals surface area contributed by atoms with Crippen molar-refractivity contribution >= 4 is 5.97 Å². The van der Waals surface area contributed by atoms with Crippen LogP contribution >= 0.6 is 0 Å². The average Bonchev–Trinajstić information content (AvgIpc) is 2.06. The Kier molecular flexibility index (Phi) is 4.54. The highest BCUT2D eigenvalue weighted by Gasteiger charge is 2.13. The second-order valence-electron chi connectivity index (χ2n) is 1.97. The smallest absolute Gasteiger partial charge is 0.352 e. The Balaban J connectivity index is 4.64. The lowest BCUT2D eigenvalue weighted by molar-refractivity contribution is -0.135. The molecule has 0 bridgehead atoms. The average molecular weight is 169 g/mol. The lowest BCUT2D eigenvalue weighted by atomic mass is 10.2. The quantitative estimate of drug-likeness (QED) is 0.273. The van der Waals surface area contributed by atoms with Crippen LogP contribution in [0.5, 0.6) is 0 Å². The molecule has 0 amide bonds. The van der Waals surface area contributed by atoms with Gasteiger partial charge in [0.05, 0.1) is 13.7 Å². The van der Waals surface area contributed by atoms with Gasteiger partial charge in [0.25, 0.3) is 0 Å². The second kappa shape index (κ2) is 5.19. The minimum atomic E-state index is -0.663. The molecular formula is C8H11NO3. The van der Waals surface area contributed by atoms with Gasteiger partial charge in [0.2, 0.25) is 0 Å². The molecule has 0 aliphatic heterocycles. The van der Waals surface area contributed by atoms with Crippen LogP contribution in [-0.2, 0) is 14.3 Å². The fourth-order valence-electron chi connectivity index (χ4n) is 0.659. The van der Waals surface area contributed by atoms with Gasteiger partial charge in [-0.25, -0.2) is 4.79 Å². The SMILES string of the molecule is CCO/C(C)=C(\C#N)C(=O)OC. The molecule has 0 rings (SSSR count). The van der Waals surface area contributed by atoms with Gasteiger partial charge in [-0.2, -0.15) is 5.26 Å². The van der Waals surface area contributed by atoms with Crippen LogP contribution in [0, 0.1) is 11.3 Å². The number of nitriles is 1. The Morgan fingerprint density at radius 3 is 2.50 bits per heavy atom. The Labute approximate surface area is 71.4 Å². The van der Waals surface area contributed by atoms with Crippen molar-refractivity contribution in [3.63, 3.8) is 0 Å². The number of hydrogen-bond donors (Lipinski definition) is 0. The van der Waals surface area contributed by atoms with E-state index < -0.39 is 5.97 Å². The van der Waals surface area contributed by atoms with Crippen molar-refractivity contribution in [1.82, 2.24) is 0 Å². The zero-order chi connectivity index (χ0) is 9.56. The minimum absolute atomic E-state index is 0.0839. The normalized spacial score (nSPS) is 11.2. The van der Waals surface area contributed by atoms with Crippen LogP contribution in [-0.4, -0.2) is 19.7 Å². The summed E-state index contributed by atoms with van der Waals surface area (Å²) in [6.07, 6.45) is 0. The molecule has 0 atom stereocenters. The van der Waals surface area contributed by atoms with Gasteiger partial charge in [0.1, 0.15) is 11.8 Å². The molecule has 4 heteroatoms. The zero-order valence-electron chi connectivity index (χ0n) is 7.38. The second-order valence-corrected chi connectivity index (χ2v) is 1.97. The Hall–Kier alpha value is -1.50. The summed E-state index contributed by atoms with van der Waals surface area (Å²) in [5.41, 5.74) is -0.0839. The number of ether oxygens (including phenoxy) is 2. The number of nitrogens with zero attached hydrogens (tertiary/aromatic N) is 1. The topological polar surface area (TPSA) is 59.3 Å². The van der Waals surface area contributed by atoms with Gasteiger partial charge in [-0.3, -0.25) is 0 Å². The van der Waals surface area contributed by atoms with E-state index in [1.165, 1.54) is 7.11 Å². The zero-order valence-corrected chi connectivity index (χ0v) is 7.38. The van der Waals surface area contributed by atoms with Crippen LogP contribution in [0.1, 0.15) is 13.8 Å². The number of carbonyl (C=O) groups excluding carboxylic acids is 1. The summed E-state index contributed by atoms with van der Waals surface area (Å²) in [5, 5.41) is 8.54. The van der Waals surface area contributed by atoms with Crippen molar-refractivity contribution in [2.24, 2.45) is 0 Å². The molecule has 0 unspecified atom stereocenters. The van der Waals surface area contributed by atoms with Gasteiger partial charge in [-0.05, 0) is 13.8 Å². The maximum atomic E-state index is 10.9. The summed E-state index contributed by atoms with van der Waals surface area (Å²) >= 11 is 0. The molecule has 0 spiro atoms. The van der Waals surface area contributed by atoms with E-state index in [0.29, 0.717) is 12.4 Å². The van der Waals surface area contributed by atoms with Crippen molar-refractivity contribution in [3.05, 3.63) is 11.3 Å². The van der Waals surface area contributed by atoms with Crippen LogP contribution in [0.4, 0.5) is 0 Å². The molecule has 0 saturated carbocycles. The molecule has 0 heterocycles. The number of allylic oxidation sites excluding steroid dienone is 1. The monoisotopic (exact) mass is 169 g/mol. The van der Waals surface area contributed by atoms with E-state index in [2.05, 4.69) is 4.74 Å². The molecule has 4 nitrogen and oxygen atoms in total. The summed E-state index contributed by atoms with van der Waals surface area (Å²) in [5.74, 6) is -0.365. The van der Waals surface area contributed by atoms with Gasteiger partial charge in [0.15, 0.2) is 5.57 Å². The molecule has 66 valence electrons. The third-order valence-electron chi connectivity index (χ3n) is 1.21. The van der Waals surface area contributed by atoms with Crippen LogP contribution in [0.25, 0.3) is 0 Å². The highest BCUT2D eigenvalue weighted by molar-refractivity contribution is 5.93. The first-order chi connectivity index (χ1) is 5.67. The third-order valence-corrected chi connectivity index (χ3v) is 1.21. The molecule has 0 aromatic rings. The van der Waals surface area contributed by atoms with Crippen LogP contribution in [0.15, 0.2) is 11.3 Å². The number of hydrogen-bond acceptors (Lipinski definition) is 4. The van der Waals surface area contributed by atoms with E-state index >= 15 is 0 Å². The first-order valence-electron chi connectivity index (χ1n) is 3.49. The van der Waals surface area contributed by atoms with E-state index in [1.807, 2.05) is 0 Å². The molecule has 0 aliphatic carbocycles. The number of rotatable bonds is 3. The van der Waals surface area contributed by atoms with E-state index in [4.69, 9.17) is 10.00 Å². The highest BCUT2D eigenvalue weighted by Crippen LogP contribution is 2.05. The lowest BCUT2D eigenvalue weighted by Gasteiger charge is -2.03. The van der Waals surface area contributed by atoms with E-state index in [-0.39, 0.29) is 5.57 Å². The predicted molar refractivity (Wildman–Crippen MR) is 42.0 cm³/mol. The molecule has 0 fully saturated rings. The first kappa shape index (κ1) is 10.5. The lowest BCUT2D eigenvalue weighted by Crippen LogP contribution is -2.06. The fourth-order valence-corrected chi connectivity index (χ4v) is 0.659. The minimum Gasteiger partial charge on any atom is -0.497 e. The molecule has 0 aliphatic rings. The summed E-state index contributed by atoms with van der Waals surface area (Å²) in [6.45, 7) is 3.75. The number of methoxy groups -OCH3 is 1. The van der Waals surface area contributed by atoms with Gasteiger partial charge >= 0.3 is 5.97 Å². The molecule has 12 heavy (non-hydrogen) atoms. The summed E-state index contributed by atoms with van der Waals surface area (Å²) < 4.78 is 9.35. The van der Waals surface area contributed by atoms with Crippen molar-refractivity contribution < 1.29 is 14.3 Å². The van der Waals surface area contributed by atoms with Crippen molar-refractivity contribution in [2.45, 2.75) is 13.8 Å². The van der Waals surface area contributed by atoms with Crippen molar-refractivity contribution in [3.8, 4) is 6.07 Å². The Bertz CT molecular complexity index is 237.